The van der Waals surface area contributed by atoms with Gasteiger partial charge in [0.25, 0.3) is 0 Å². The van der Waals surface area contributed by atoms with Crippen molar-refractivity contribution in [1.82, 2.24) is 4.98 Å². The summed E-state index contributed by atoms with van der Waals surface area (Å²) in [6, 6.07) is 9.22. The molecule has 0 spiro atoms. The molecule has 1 aromatic carbocycles. The van der Waals surface area contributed by atoms with Crippen molar-refractivity contribution < 1.29 is 9.84 Å². The average molecular weight is 387 g/mol. The molecule has 100 valence electrons. The van der Waals surface area contributed by atoms with E-state index >= 15 is 0 Å². The Morgan fingerprint density at radius 3 is 2.53 bits per heavy atom. The number of rotatable bonds is 4. The van der Waals surface area contributed by atoms with E-state index in [2.05, 4.69) is 36.8 Å². The average Bonchev–Trinajstić information content (AvgIpc) is 2.39. The van der Waals surface area contributed by atoms with Crippen molar-refractivity contribution >= 4 is 31.9 Å². The van der Waals surface area contributed by atoms with E-state index in [4.69, 9.17) is 4.74 Å². The molecule has 1 heterocycles. The molecule has 2 aromatic rings. The Kier molecular flexibility index (Phi) is 4.96. The number of halogens is 2. The molecule has 1 aromatic heterocycles. The number of aliphatic hydroxyl groups excluding tert-OH is 1. The lowest BCUT2D eigenvalue weighted by atomic mass is 10.1. The van der Waals surface area contributed by atoms with Crippen molar-refractivity contribution in [1.29, 1.82) is 0 Å². The van der Waals surface area contributed by atoms with Crippen LogP contribution in [-0.4, -0.2) is 16.7 Å². The van der Waals surface area contributed by atoms with Crippen LogP contribution in [0.4, 0.5) is 0 Å². The second kappa shape index (κ2) is 6.50. The molecular weight excluding hydrogens is 374 g/mol. The zero-order valence-electron chi connectivity index (χ0n) is 10.3. The summed E-state index contributed by atoms with van der Waals surface area (Å²) in [7, 11) is 0. The van der Waals surface area contributed by atoms with Crippen LogP contribution in [0.15, 0.2) is 45.5 Å². The molecule has 3 nitrogen and oxygen atoms in total. The van der Waals surface area contributed by atoms with Gasteiger partial charge in [-0.2, -0.15) is 0 Å². The number of nitrogens with zero attached hydrogens (tertiary/aromatic N) is 1. The molecule has 1 atom stereocenters. The minimum Gasteiger partial charge on any atom is -0.494 e. The maximum Gasteiger partial charge on any atom is 0.122 e. The number of pyridine rings is 1. The maximum absolute atomic E-state index is 10.3. The molecule has 0 saturated heterocycles. The first kappa shape index (κ1) is 14.5. The van der Waals surface area contributed by atoms with Crippen molar-refractivity contribution in [2.45, 2.75) is 13.0 Å². The normalized spacial score (nSPS) is 12.2. The van der Waals surface area contributed by atoms with Crippen LogP contribution in [0.2, 0.25) is 0 Å². The van der Waals surface area contributed by atoms with Gasteiger partial charge in [-0.25, -0.2) is 0 Å². The molecular formula is C14H13Br2NO2. The first-order valence-electron chi connectivity index (χ1n) is 5.83. The Balaban J connectivity index is 2.25. The summed E-state index contributed by atoms with van der Waals surface area (Å²) >= 11 is 6.74. The number of aliphatic hydroxyl groups is 1. The highest BCUT2D eigenvalue weighted by molar-refractivity contribution is 9.11. The highest BCUT2D eigenvalue weighted by atomic mass is 79.9. The second-order valence-corrected chi connectivity index (χ2v) is 5.70. The highest BCUT2D eigenvalue weighted by Gasteiger charge is 2.15. The monoisotopic (exact) mass is 385 g/mol. The summed E-state index contributed by atoms with van der Waals surface area (Å²) in [4.78, 5) is 4.24. The van der Waals surface area contributed by atoms with Crippen molar-refractivity contribution in [3.05, 3.63) is 56.7 Å². The topological polar surface area (TPSA) is 42.4 Å². The molecule has 0 fully saturated rings. The van der Waals surface area contributed by atoms with E-state index in [9.17, 15) is 5.11 Å². The molecule has 0 saturated carbocycles. The van der Waals surface area contributed by atoms with Crippen LogP contribution < -0.4 is 4.74 Å². The van der Waals surface area contributed by atoms with Gasteiger partial charge in [-0.3, -0.25) is 4.98 Å². The summed E-state index contributed by atoms with van der Waals surface area (Å²) in [5.41, 5.74) is 1.37. The van der Waals surface area contributed by atoms with E-state index in [0.717, 1.165) is 20.3 Å². The molecule has 1 N–H and O–H groups in total. The quantitative estimate of drug-likeness (QED) is 0.860. The smallest absolute Gasteiger partial charge is 0.122 e. The summed E-state index contributed by atoms with van der Waals surface area (Å²) in [6.45, 7) is 2.56. The Morgan fingerprint density at radius 1 is 1.26 bits per heavy atom. The fourth-order valence-electron chi connectivity index (χ4n) is 1.70. The Labute approximate surface area is 128 Å². The molecule has 0 aliphatic carbocycles. The molecule has 5 heteroatoms. The first-order valence-corrected chi connectivity index (χ1v) is 7.42. The molecule has 0 radical (unpaired) electrons. The van der Waals surface area contributed by atoms with E-state index in [1.165, 1.54) is 0 Å². The lowest BCUT2D eigenvalue weighted by Gasteiger charge is -2.13. The first-order chi connectivity index (χ1) is 9.11. The van der Waals surface area contributed by atoms with Gasteiger partial charge in [0, 0.05) is 15.1 Å². The van der Waals surface area contributed by atoms with Gasteiger partial charge in [-0.15, -0.1) is 0 Å². The third-order valence-electron chi connectivity index (χ3n) is 2.60. The van der Waals surface area contributed by atoms with Gasteiger partial charge < -0.3 is 9.84 Å². The van der Waals surface area contributed by atoms with Crippen LogP contribution in [0.25, 0.3) is 0 Å². The molecule has 0 aliphatic heterocycles. The van der Waals surface area contributed by atoms with Gasteiger partial charge in [0.05, 0.1) is 12.3 Å². The van der Waals surface area contributed by atoms with E-state index in [-0.39, 0.29) is 0 Å². The van der Waals surface area contributed by atoms with Gasteiger partial charge in [-0.1, -0.05) is 12.1 Å². The number of ether oxygens (including phenoxy) is 1. The third-order valence-corrected chi connectivity index (χ3v) is 3.67. The fraction of sp³-hybridized carbons (Fsp3) is 0.214. The maximum atomic E-state index is 10.3. The van der Waals surface area contributed by atoms with Gasteiger partial charge in [0.1, 0.15) is 11.9 Å². The highest BCUT2D eigenvalue weighted by Crippen LogP contribution is 2.29. The van der Waals surface area contributed by atoms with Crippen LogP contribution in [0, 0.1) is 0 Å². The Hall–Kier alpha value is -0.910. The van der Waals surface area contributed by atoms with E-state index in [1.54, 1.807) is 6.20 Å². The van der Waals surface area contributed by atoms with Gasteiger partial charge in [0.15, 0.2) is 0 Å². The third kappa shape index (κ3) is 3.55. The van der Waals surface area contributed by atoms with Crippen LogP contribution in [0.3, 0.4) is 0 Å². The van der Waals surface area contributed by atoms with Gasteiger partial charge in [-0.05, 0) is 62.5 Å². The fourth-order valence-corrected chi connectivity index (χ4v) is 2.90. The number of hydrogen-bond acceptors (Lipinski definition) is 3. The predicted molar refractivity (Wildman–Crippen MR) is 81.3 cm³/mol. The predicted octanol–water partition coefficient (Wildman–Crippen LogP) is 4.09. The van der Waals surface area contributed by atoms with Crippen molar-refractivity contribution in [3.8, 4) is 5.75 Å². The molecule has 0 aliphatic rings. The van der Waals surface area contributed by atoms with Crippen molar-refractivity contribution in [3.63, 3.8) is 0 Å². The largest absolute Gasteiger partial charge is 0.494 e. The minimum absolute atomic E-state index is 0.590. The minimum atomic E-state index is -0.766. The lowest BCUT2D eigenvalue weighted by molar-refractivity contribution is 0.214. The summed E-state index contributed by atoms with van der Waals surface area (Å²) in [5, 5.41) is 10.3. The number of hydrogen-bond donors (Lipinski definition) is 1. The van der Waals surface area contributed by atoms with Crippen LogP contribution in [-0.2, 0) is 0 Å². The second-order valence-electron chi connectivity index (χ2n) is 3.93. The Bertz CT molecular complexity index is 558. The van der Waals surface area contributed by atoms with Crippen molar-refractivity contribution in [2.75, 3.05) is 6.61 Å². The molecule has 2 rings (SSSR count). The van der Waals surface area contributed by atoms with E-state index in [0.29, 0.717) is 12.3 Å². The van der Waals surface area contributed by atoms with E-state index in [1.807, 2.05) is 37.3 Å². The zero-order valence-corrected chi connectivity index (χ0v) is 13.5. The molecule has 19 heavy (non-hydrogen) atoms. The van der Waals surface area contributed by atoms with Gasteiger partial charge in [0.2, 0.25) is 0 Å². The van der Waals surface area contributed by atoms with Crippen LogP contribution >= 0.6 is 31.9 Å². The van der Waals surface area contributed by atoms with Crippen LogP contribution in [0.5, 0.6) is 5.75 Å². The van der Waals surface area contributed by atoms with Gasteiger partial charge >= 0.3 is 0 Å². The number of aromatic nitrogens is 1. The summed E-state index contributed by atoms with van der Waals surface area (Å²) in [6.07, 6.45) is 0.899. The molecule has 0 bridgehead atoms. The van der Waals surface area contributed by atoms with Crippen molar-refractivity contribution in [2.24, 2.45) is 0 Å². The SMILES string of the molecule is CCOc1ccc(C(O)c2ncc(Br)cc2Br)cc1. The standard InChI is InChI=1S/C14H13Br2NO2/c1-2-19-11-5-3-9(4-6-11)14(18)13-12(16)7-10(15)8-17-13/h3-8,14,18H,2H2,1H3. The summed E-state index contributed by atoms with van der Waals surface area (Å²) < 4.78 is 7.00. The van der Waals surface area contributed by atoms with Crippen LogP contribution in [0.1, 0.15) is 24.3 Å². The Morgan fingerprint density at radius 2 is 1.95 bits per heavy atom. The number of benzene rings is 1. The molecule has 0 amide bonds. The zero-order chi connectivity index (χ0) is 13.8. The summed E-state index contributed by atoms with van der Waals surface area (Å²) in [5.74, 6) is 0.793. The van der Waals surface area contributed by atoms with E-state index < -0.39 is 6.10 Å². The lowest BCUT2D eigenvalue weighted by Crippen LogP contribution is -2.03. The molecule has 1 unspecified atom stereocenters.